The Hall–Kier alpha value is -1.06. The summed E-state index contributed by atoms with van der Waals surface area (Å²) in [5.41, 5.74) is 0. The fourth-order valence-corrected chi connectivity index (χ4v) is 0.570. The second-order valence-electron chi connectivity index (χ2n) is 2.09. The van der Waals surface area contributed by atoms with E-state index < -0.39 is 6.09 Å². The molecule has 0 heterocycles. The van der Waals surface area contributed by atoms with Gasteiger partial charge < -0.3 is 9.84 Å². The number of carbonyl (C=O) groups is 1. The van der Waals surface area contributed by atoms with E-state index in [4.69, 9.17) is 9.84 Å². The molecule has 0 aromatic heterocycles. The first-order chi connectivity index (χ1) is 5.27. The van der Waals surface area contributed by atoms with Gasteiger partial charge in [-0.2, -0.15) is 0 Å². The van der Waals surface area contributed by atoms with Gasteiger partial charge in [-0.3, -0.25) is 0 Å². The molecule has 0 aliphatic heterocycles. The molecule has 0 aromatic rings. The second kappa shape index (κ2) is 7.05. The van der Waals surface area contributed by atoms with E-state index in [1.165, 1.54) is 0 Å². The van der Waals surface area contributed by atoms with Gasteiger partial charge in [0, 0.05) is 0 Å². The minimum atomic E-state index is -1.22. The number of hydrogen-bond acceptors (Lipinski definition) is 2. The molecule has 0 saturated carbocycles. The van der Waals surface area contributed by atoms with Gasteiger partial charge in [0.2, 0.25) is 0 Å². The number of nitrogens with zero attached hydrogens (tertiary/aromatic N) is 1. The maximum atomic E-state index is 9.81. The van der Waals surface area contributed by atoms with Gasteiger partial charge >= 0.3 is 6.09 Å². The van der Waals surface area contributed by atoms with Crippen molar-refractivity contribution >= 4 is 12.5 Å². The van der Waals surface area contributed by atoms with Crippen LogP contribution in [0.5, 0.6) is 0 Å². The Morgan fingerprint density at radius 3 is 2.91 bits per heavy atom. The van der Waals surface area contributed by atoms with Crippen molar-refractivity contribution in [2.24, 2.45) is 4.99 Å². The molecule has 1 amide bonds. The molecule has 0 rings (SSSR count). The van der Waals surface area contributed by atoms with E-state index in [1.54, 1.807) is 0 Å². The summed E-state index contributed by atoms with van der Waals surface area (Å²) in [6.45, 7) is 2.63. The molecule has 0 aliphatic carbocycles. The zero-order valence-electron chi connectivity index (χ0n) is 6.62. The third-order valence-electron chi connectivity index (χ3n) is 1.10. The van der Waals surface area contributed by atoms with E-state index >= 15 is 0 Å². The average molecular weight is 159 g/mol. The van der Waals surface area contributed by atoms with Crippen molar-refractivity contribution in [1.82, 2.24) is 0 Å². The van der Waals surface area contributed by atoms with Crippen LogP contribution in [0.25, 0.3) is 0 Å². The van der Waals surface area contributed by atoms with Crippen LogP contribution in [0.2, 0.25) is 0 Å². The number of carboxylic acid groups (broad SMARTS) is 1. The molecule has 4 nitrogen and oxygen atoms in total. The Balaban J connectivity index is 3.07. The van der Waals surface area contributed by atoms with Crippen LogP contribution in [0.1, 0.15) is 26.2 Å². The van der Waals surface area contributed by atoms with E-state index in [9.17, 15) is 4.79 Å². The summed E-state index contributed by atoms with van der Waals surface area (Å²) in [7, 11) is 0. The van der Waals surface area contributed by atoms with Crippen LogP contribution in [0, 0.1) is 0 Å². The van der Waals surface area contributed by atoms with Gasteiger partial charge in [0.25, 0.3) is 0 Å². The van der Waals surface area contributed by atoms with Crippen LogP contribution in [0.4, 0.5) is 4.79 Å². The van der Waals surface area contributed by atoms with Crippen molar-refractivity contribution in [2.45, 2.75) is 26.2 Å². The van der Waals surface area contributed by atoms with Gasteiger partial charge in [-0.25, -0.2) is 4.79 Å². The largest absolute Gasteiger partial charge is 0.483 e. The number of rotatable bonds is 5. The SMILES string of the molecule is CCCCCOC=NC(=O)O. The highest BCUT2D eigenvalue weighted by atomic mass is 16.5. The molecule has 0 saturated heterocycles. The minimum absolute atomic E-state index is 0.546. The number of hydrogen-bond donors (Lipinski definition) is 1. The van der Waals surface area contributed by atoms with E-state index in [1.807, 2.05) is 0 Å². The van der Waals surface area contributed by atoms with Crippen molar-refractivity contribution in [1.29, 1.82) is 0 Å². The number of ether oxygens (including phenoxy) is 1. The minimum Gasteiger partial charge on any atom is -0.483 e. The van der Waals surface area contributed by atoms with Gasteiger partial charge in [-0.05, 0) is 6.42 Å². The molecule has 0 bridgehead atoms. The standard InChI is InChI=1S/C7H13NO3/c1-2-3-4-5-11-6-8-7(9)10/h6H,2-5H2,1H3,(H,9,10). The Kier molecular flexibility index (Phi) is 6.37. The lowest BCUT2D eigenvalue weighted by Crippen LogP contribution is -1.94. The first-order valence-electron chi connectivity index (χ1n) is 3.64. The number of aliphatic imine (C=N–C) groups is 1. The Bertz CT molecular complexity index is 134. The highest BCUT2D eigenvalue weighted by molar-refractivity contribution is 5.74. The number of unbranched alkanes of at least 4 members (excludes halogenated alkanes) is 2. The molecule has 4 heteroatoms. The molecular formula is C7H13NO3. The Labute approximate surface area is 65.9 Å². The summed E-state index contributed by atoms with van der Waals surface area (Å²) in [4.78, 5) is 12.8. The van der Waals surface area contributed by atoms with Crippen molar-refractivity contribution in [2.75, 3.05) is 6.61 Å². The third kappa shape index (κ3) is 8.94. The van der Waals surface area contributed by atoms with Gasteiger partial charge in [-0.15, -0.1) is 4.99 Å². The first kappa shape index (κ1) is 9.94. The monoisotopic (exact) mass is 159 g/mol. The summed E-state index contributed by atoms with van der Waals surface area (Å²) < 4.78 is 4.77. The van der Waals surface area contributed by atoms with E-state index in [-0.39, 0.29) is 0 Å². The third-order valence-corrected chi connectivity index (χ3v) is 1.10. The highest BCUT2D eigenvalue weighted by Gasteiger charge is 1.86. The topological polar surface area (TPSA) is 58.9 Å². The quantitative estimate of drug-likeness (QED) is 0.378. The molecule has 1 N–H and O–H groups in total. The molecule has 0 aliphatic rings. The van der Waals surface area contributed by atoms with Gasteiger partial charge in [0.05, 0.1) is 6.61 Å². The molecule has 0 fully saturated rings. The predicted octanol–water partition coefficient (Wildman–Crippen LogP) is 1.90. The maximum absolute atomic E-state index is 9.81. The lowest BCUT2D eigenvalue weighted by atomic mass is 10.3. The van der Waals surface area contributed by atoms with Gasteiger partial charge in [-0.1, -0.05) is 19.8 Å². The van der Waals surface area contributed by atoms with Crippen LogP contribution in [0.3, 0.4) is 0 Å². The van der Waals surface area contributed by atoms with Crippen molar-refractivity contribution < 1.29 is 14.6 Å². The Morgan fingerprint density at radius 1 is 1.64 bits per heavy atom. The van der Waals surface area contributed by atoms with Crippen LogP contribution in [0.15, 0.2) is 4.99 Å². The average Bonchev–Trinajstić information content (AvgIpc) is 1.96. The van der Waals surface area contributed by atoms with E-state index in [2.05, 4.69) is 11.9 Å². The van der Waals surface area contributed by atoms with Crippen molar-refractivity contribution in [3.05, 3.63) is 0 Å². The van der Waals surface area contributed by atoms with Crippen LogP contribution in [-0.4, -0.2) is 24.2 Å². The zero-order chi connectivity index (χ0) is 8.53. The first-order valence-corrected chi connectivity index (χ1v) is 3.64. The van der Waals surface area contributed by atoms with Crippen molar-refractivity contribution in [3.63, 3.8) is 0 Å². The molecule has 0 atom stereocenters. The molecule has 0 aromatic carbocycles. The lowest BCUT2D eigenvalue weighted by Gasteiger charge is -1.96. The normalized spacial score (nSPS) is 10.3. The predicted molar refractivity (Wildman–Crippen MR) is 42.0 cm³/mol. The lowest BCUT2D eigenvalue weighted by molar-refractivity contribution is 0.204. The Morgan fingerprint density at radius 2 is 2.36 bits per heavy atom. The fourth-order valence-electron chi connectivity index (χ4n) is 0.570. The molecule has 0 spiro atoms. The van der Waals surface area contributed by atoms with Crippen LogP contribution >= 0.6 is 0 Å². The van der Waals surface area contributed by atoms with Gasteiger partial charge in [0.15, 0.2) is 6.40 Å². The molecule has 11 heavy (non-hydrogen) atoms. The zero-order valence-corrected chi connectivity index (χ0v) is 6.62. The fraction of sp³-hybridized carbons (Fsp3) is 0.714. The second-order valence-corrected chi connectivity index (χ2v) is 2.09. The summed E-state index contributed by atoms with van der Waals surface area (Å²) >= 11 is 0. The van der Waals surface area contributed by atoms with E-state index in [0.717, 1.165) is 25.7 Å². The maximum Gasteiger partial charge on any atom is 0.433 e. The van der Waals surface area contributed by atoms with E-state index in [0.29, 0.717) is 6.61 Å². The summed E-state index contributed by atoms with van der Waals surface area (Å²) in [5.74, 6) is 0. The van der Waals surface area contributed by atoms with Gasteiger partial charge in [0.1, 0.15) is 0 Å². The van der Waals surface area contributed by atoms with Crippen LogP contribution in [-0.2, 0) is 4.74 Å². The molecule has 0 unspecified atom stereocenters. The number of amides is 1. The molecular weight excluding hydrogens is 146 g/mol. The van der Waals surface area contributed by atoms with Crippen LogP contribution < -0.4 is 0 Å². The highest BCUT2D eigenvalue weighted by Crippen LogP contribution is 1.92. The van der Waals surface area contributed by atoms with Crippen molar-refractivity contribution in [3.8, 4) is 0 Å². The summed E-state index contributed by atoms with van der Waals surface area (Å²) in [5, 5.41) is 8.04. The molecule has 64 valence electrons. The summed E-state index contributed by atoms with van der Waals surface area (Å²) in [6, 6.07) is 0. The smallest absolute Gasteiger partial charge is 0.433 e. The molecule has 0 radical (unpaired) electrons. The summed E-state index contributed by atoms with van der Waals surface area (Å²) in [6.07, 6.45) is 2.92.